The fourth-order valence-corrected chi connectivity index (χ4v) is 3.23. The fraction of sp³-hybridized carbons (Fsp3) is 0.550. The summed E-state index contributed by atoms with van der Waals surface area (Å²) >= 11 is 0. The third kappa shape index (κ3) is 7.71. The number of hydrogen-bond acceptors (Lipinski definition) is 6. The van der Waals surface area contributed by atoms with Crippen LogP contribution in [0.25, 0.3) is 5.65 Å². The number of nitrogens with two attached hydrogens (primary N) is 1. The molecule has 0 bridgehead atoms. The highest BCUT2D eigenvalue weighted by molar-refractivity contribution is 5.91. The number of carbonyl (C=O) groups excluding carboxylic acids is 1. The summed E-state index contributed by atoms with van der Waals surface area (Å²) < 4.78 is 62.5. The number of nitrogens with one attached hydrogen (secondary N) is 1. The zero-order valence-electron chi connectivity index (χ0n) is 18.2. The quantitative estimate of drug-likeness (QED) is 0.515. The van der Waals surface area contributed by atoms with Crippen molar-refractivity contribution in [2.24, 2.45) is 5.73 Å². The van der Waals surface area contributed by atoms with Gasteiger partial charge in [-0.05, 0) is 24.5 Å². The molecule has 1 aliphatic rings. The van der Waals surface area contributed by atoms with Crippen molar-refractivity contribution < 1.29 is 26.7 Å². The second-order valence-corrected chi connectivity index (χ2v) is 7.89. The SMILES string of the molecule is FC1(F)CCCCC1.NCc1cnn2cc(CNC(=O)c3cnn(CCC(F)(F)F)n3)nc2c1. The first-order valence-corrected chi connectivity index (χ1v) is 10.7. The molecule has 0 aliphatic heterocycles. The number of alkyl halides is 5. The summed E-state index contributed by atoms with van der Waals surface area (Å²) in [5.74, 6) is -2.88. The van der Waals surface area contributed by atoms with Crippen molar-refractivity contribution in [2.45, 2.75) is 70.3 Å². The predicted octanol–water partition coefficient (Wildman–Crippen LogP) is 3.25. The second kappa shape index (κ2) is 10.8. The topological polar surface area (TPSA) is 116 Å². The molecule has 0 aromatic carbocycles. The zero-order valence-corrected chi connectivity index (χ0v) is 18.2. The van der Waals surface area contributed by atoms with Gasteiger partial charge in [-0.2, -0.15) is 28.2 Å². The van der Waals surface area contributed by atoms with E-state index in [4.69, 9.17) is 5.73 Å². The van der Waals surface area contributed by atoms with Gasteiger partial charge in [-0.15, -0.1) is 5.10 Å². The highest BCUT2D eigenvalue weighted by atomic mass is 19.4. The minimum atomic E-state index is -4.31. The Bertz CT molecular complexity index is 1090. The molecule has 0 spiro atoms. The zero-order chi connectivity index (χ0) is 24.8. The van der Waals surface area contributed by atoms with Crippen LogP contribution in [-0.4, -0.2) is 47.6 Å². The Kier molecular flexibility index (Phi) is 8.12. The van der Waals surface area contributed by atoms with Gasteiger partial charge in [-0.25, -0.2) is 18.3 Å². The first-order chi connectivity index (χ1) is 16.0. The average Bonchev–Trinajstić information content (AvgIpc) is 3.42. The summed E-state index contributed by atoms with van der Waals surface area (Å²) in [5.41, 5.74) is 7.46. The van der Waals surface area contributed by atoms with Crippen LogP contribution >= 0.6 is 0 Å². The molecule has 0 atom stereocenters. The molecular formula is C20H25F5N8O. The molecule has 9 nitrogen and oxygen atoms in total. The van der Waals surface area contributed by atoms with Gasteiger partial charge in [0.15, 0.2) is 11.3 Å². The van der Waals surface area contributed by atoms with Gasteiger partial charge in [0.05, 0.1) is 43.8 Å². The van der Waals surface area contributed by atoms with Gasteiger partial charge in [-0.1, -0.05) is 6.42 Å². The van der Waals surface area contributed by atoms with Crippen molar-refractivity contribution in [2.75, 3.05) is 0 Å². The predicted molar refractivity (Wildman–Crippen MR) is 111 cm³/mol. The number of aryl methyl sites for hydroxylation is 1. The Balaban J connectivity index is 0.000000343. The van der Waals surface area contributed by atoms with Crippen molar-refractivity contribution in [3.05, 3.63) is 41.6 Å². The van der Waals surface area contributed by atoms with E-state index in [1.165, 1.54) is 0 Å². The van der Waals surface area contributed by atoms with E-state index in [9.17, 15) is 26.7 Å². The van der Waals surface area contributed by atoms with Crippen molar-refractivity contribution >= 4 is 11.6 Å². The number of halogens is 5. The summed E-state index contributed by atoms with van der Waals surface area (Å²) in [6, 6.07) is 1.78. The normalized spacial score (nSPS) is 15.6. The molecule has 0 unspecified atom stereocenters. The molecule has 34 heavy (non-hydrogen) atoms. The van der Waals surface area contributed by atoms with Crippen LogP contribution in [0.1, 0.15) is 60.3 Å². The van der Waals surface area contributed by atoms with Gasteiger partial charge >= 0.3 is 6.18 Å². The van der Waals surface area contributed by atoms with E-state index < -0.39 is 31.0 Å². The van der Waals surface area contributed by atoms with Crippen LogP contribution < -0.4 is 11.1 Å². The molecule has 4 rings (SSSR count). The number of nitrogens with zero attached hydrogens (tertiary/aromatic N) is 6. The van der Waals surface area contributed by atoms with E-state index in [1.54, 1.807) is 23.0 Å². The van der Waals surface area contributed by atoms with E-state index >= 15 is 0 Å². The van der Waals surface area contributed by atoms with Crippen LogP contribution in [0.2, 0.25) is 0 Å². The molecular weight excluding hydrogens is 463 g/mol. The van der Waals surface area contributed by atoms with Crippen molar-refractivity contribution in [1.29, 1.82) is 0 Å². The summed E-state index contributed by atoms with van der Waals surface area (Å²) in [5, 5.41) is 14.1. The van der Waals surface area contributed by atoms with E-state index in [2.05, 4.69) is 25.6 Å². The van der Waals surface area contributed by atoms with Gasteiger partial charge < -0.3 is 11.1 Å². The largest absolute Gasteiger partial charge is 0.390 e. The molecule has 3 heterocycles. The summed E-state index contributed by atoms with van der Waals surface area (Å²) in [6.07, 6.45) is 1.67. The molecule has 3 N–H and O–H groups in total. The standard InChI is InChI=1S/C14H15F3N8O.C6H10F2/c15-14(16,17)1-2-25-21-7-11(23-25)13(26)19-6-10-8-24-12(22-10)3-9(4-18)5-20-24;7-6(8)4-2-1-3-5-6/h3,5,7-8H,1-2,4,6,18H2,(H,19,26);1-5H2. The Morgan fingerprint density at radius 3 is 2.50 bits per heavy atom. The Morgan fingerprint density at radius 1 is 1.15 bits per heavy atom. The molecule has 1 aliphatic carbocycles. The number of fused-ring (bicyclic) bond motifs is 1. The summed E-state index contributed by atoms with van der Waals surface area (Å²) in [4.78, 5) is 17.2. The third-order valence-corrected chi connectivity index (χ3v) is 5.04. The third-order valence-electron chi connectivity index (χ3n) is 5.04. The van der Waals surface area contributed by atoms with Crippen LogP contribution in [-0.2, 0) is 19.6 Å². The number of rotatable bonds is 6. The van der Waals surface area contributed by atoms with Gasteiger partial charge in [-0.3, -0.25) is 4.79 Å². The smallest absolute Gasteiger partial charge is 0.345 e. The molecule has 3 aromatic rings. The van der Waals surface area contributed by atoms with E-state index in [1.807, 2.05) is 0 Å². The molecule has 1 amide bonds. The van der Waals surface area contributed by atoms with Crippen LogP contribution in [0.4, 0.5) is 22.0 Å². The molecule has 186 valence electrons. The molecule has 1 saturated carbocycles. The lowest BCUT2D eigenvalue weighted by Crippen LogP contribution is -2.23. The lowest BCUT2D eigenvalue weighted by molar-refractivity contribution is -0.137. The molecule has 0 saturated heterocycles. The Labute approximate surface area is 191 Å². The van der Waals surface area contributed by atoms with E-state index in [0.29, 0.717) is 30.7 Å². The maximum absolute atomic E-state index is 12.2. The number of amides is 1. The summed E-state index contributed by atoms with van der Waals surface area (Å²) in [7, 11) is 0. The second-order valence-electron chi connectivity index (χ2n) is 7.89. The molecule has 1 fully saturated rings. The highest BCUT2D eigenvalue weighted by Gasteiger charge is 2.30. The monoisotopic (exact) mass is 488 g/mol. The van der Waals surface area contributed by atoms with Crippen LogP contribution in [0.3, 0.4) is 0 Å². The van der Waals surface area contributed by atoms with Gasteiger partial charge in [0, 0.05) is 19.4 Å². The average molecular weight is 488 g/mol. The van der Waals surface area contributed by atoms with Gasteiger partial charge in [0.2, 0.25) is 5.92 Å². The van der Waals surface area contributed by atoms with Crippen LogP contribution in [0.5, 0.6) is 0 Å². The lowest BCUT2D eigenvalue weighted by Gasteiger charge is -2.20. The first-order valence-electron chi connectivity index (χ1n) is 10.7. The van der Waals surface area contributed by atoms with Crippen molar-refractivity contribution in [3.63, 3.8) is 0 Å². The van der Waals surface area contributed by atoms with E-state index in [-0.39, 0.29) is 25.1 Å². The number of aromatic nitrogens is 6. The van der Waals surface area contributed by atoms with Crippen LogP contribution in [0, 0.1) is 0 Å². The highest BCUT2D eigenvalue weighted by Crippen LogP contribution is 2.32. The van der Waals surface area contributed by atoms with Crippen molar-refractivity contribution in [3.8, 4) is 0 Å². The fourth-order valence-electron chi connectivity index (χ4n) is 3.23. The van der Waals surface area contributed by atoms with Gasteiger partial charge in [0.25, 0.3) is 5.91 Å². The maximum atomic E-state index is 12.2. The van der Waals surface area contributed by atoms with Crippen molar-refractivity contribution in [1.82, 2.24) is 34.9 Å². The number of carbonyl (C=O) groups is 1. The Morgan fingerprint density at radius 2 is 1.88 bits per heavy atom. The minimum absolute atomic E-state index is 0.0699. The first kappa shape index (κ1) is 25.5. The lowest BCUT2D eigenvalue weighted by atomic mass is 9.97. The molecule has 0 radical (unpaired) electrons. The molecule has 14 heteroatoms. The van der Waals surface area contributed by atoms with E-state index in [0.717, 1.165) is 23.0 Å². The summed E-state index contributed by atoms with van der Waals surface area (Å²) in [6.45, 7) is 0.000348. The Hall–Kier alpha value is -3.16. The maximum Gasteiger partial charge on any atom is 0.390 e. The van der Waals surface area contributed by atoms with Crippen LogP contribution in [0.15, 0.2) is 24.7 Å². The number of imidazole rings is 1. The number of hydrogen-bond donors (Lipinski definition) is 2. The van der Waals surface area contributed by atoms with Gasteiger partial charge in [0.1, 0.15) is 0 Å². The minimum Gasteiger partial charge on any atom is -0.345 e. The molecule has 3 aromatic heterocycles.